The van der Waals surface area contributed by atoms with Crippen LogP contribution in [0.2, 0.25) is 0 Å². The highest BCUT2D eigenvalue weighted by Crippen LogP contribution is 2.33. The second-order valence-corrected chi connectivity index (χ2v) is 10.2. The Morgan fingerprint density at radius 3 is 1.60 bits per heavy atom. The molecule has 2 aromatic heterocycles. The number of H-pyrrole nitrogens is 2. The Balaban J connectivity index is 1.46. The number of carbonyl (C=O) groups excluding carboxylic acids is 1. The second-order valence-electron chi connectivity index (χ2n) is 10.2. The van der Waals surface area contributed by atoms with Crippen molar-refractivity contribution in [1.82, 2.24) is 19.6 Å². The van der Waals surface area contributed by atoms with E-state index in [4.69, 9.17) is 4.74 Å². The van der Waals surface area contributed by atoms with Gasteiger partial charge in [-0.1, -0.05) is 48.5 Å². The van der Waals surface area contributed by atoms with Gasteiger partial charge in [0, 0.05) is 17.3 Å². The molecule has 8 nitrogen and oxygen atoms in total. The van der Waals surface area contributed by atoms with Crippen LogP contribution in [0.4, 0.5) is 4.39 Å². The molecule has 6 rings (SSSR count). The molecule has 214 valence electrons. The number of nitrogens with zero attached hydrogens (tertiary/aromatic N) is 2. The third kappa shape index (κ3) is 5.24. The van der Waals surface area contributed by atoms with E-state index in [1.165, 1.54) is 33.6 Å². The molecule has 6 aromatic rings. The summed E-state index contributed by atoms with van der Waals surface area (Å²) in [5, 5.41) is 6.35. The van der Waals surface area contributed by atoms with Crippen LogP contribution in [0.15, 0.2) is 119 Å². The molecule has 0 saturated heterocycles. The second kappa shape index (κ2) is 11.3. The third-order valence-electron chi connectivity index (χ3n) is 7.34. The number of benzene rings is 4. The molecule has 0 saturated carbocycles. The van der Waals surface area contributed by atoms with E-state index in [-0.39, 0.29) is 22.4 Å². The van der Waals surface area contributed by atoms with Crippen LogP contribution in [0.25, 0.3) is 11.4 Å². The number of aromatic amines is 2. The van der Waals surface area contributed by atoms with Gasteiger partial charge in [-0.05, 0) is 80.1 Å². The Hall–Kier alpha value is -5.70. The average Bonchev–Trinajstić information content (AvgIpc) is 3.49. The Bertz CT molecular complexity index is 1920. The average molecular weight is 575 g/mol. The van der Waals surface area contributed by atoms with Gasteiger partial charge < -0.3 is 4.74 Å². The zero-order chi connectivity index (χ0) is 30.1. The maximum Gasteiger partial charge on any atom is 0.343 e. The molecule has 0 radical (unpaired) electrons. The van der Waals surface area contributed by atoms with Crippen LogP contribution in [0.3, 0.4) is 0 Å². The van der Waals surface area contributed by atoms with Crippen LogP contribution < -0.4 is 15.9 Å². The van der Waals surface area contributed by atoms with Gasteiger partial charge in [-0.2, -0.15) is 0 Å². The van der Waals surface area contributed by atoms with Gasteiger partial charge in [-0.3, -0.25) is 19.8 Å². The predicted molar refractivity (Wildman–Crippen MR) is 161 cm³/mol. The number of halogens is 1. The summed E-state index contributed by atoms with van der Waals surface area (Å²) in [7, 11) is 0. The number of carbonyl (C=O) groups is 1. The van der Waals surface area contributed by atoms with Crippen molar-refractivity contribution in [3.8, 4) is 17.1 Å². The quantitative estimate of drug-likeness (QED) is 0.186. The van der Waals surface area contributed by atoms with E-state index in [0.717, 1.165) is 0 Å². The number of rotatable bonds is 7. The first-order valence-corrected chi connectivity index (χ1v) is 13.6. The van der Waals surface area contributed by atoms with Crippen LogP contribution in [0.5, 0.6) is 5.75 Å². The molecule has 43 heavy (non-hydrogen) atoms. The normalized spacial score (nSPS) is 11.2. The third-order valence-corrected chi connectivity index (χ3v) is 7.34. The van der Waals surface area contributed by atoms with E-state index in [0.29, 0.717) is 39.5 Å². The number of aryl methyl sites for hydroxylation is 2. The smallest absolute Gasteiger partial charge is 0.343 e. The zero-order valence-corrected chi connectivity index (χ0v) is 23.4. The van der Waals surface area contributed by atoms with Crippen molar-refractivity contribution >= 4 is 5.97 Å². The summed E-state index contributed by atoms with van der Waals surface area (Å²) in [6.07, 6.45) is 0. The Morgan fingerprint density at radius 1 is 0.674 bits per heavy atom. The molecular weight excluding hydrogens is 547 g/mol. The van der Waals surface area contributed by atoms with E-state index >= 15 is 0 Å². The first-order chi connectivity index (χ1) is 20.8. The molecule has 4 aromatic carbocycles. The fourth-order valence-electron chi connectivity index (χ4n) is 5.27. The minimum absolute atomic E-state index is 0.206. The van der Waals surface area contributed by atoms with Gasteiger partial charge in [0.2, 0.25) is 0 Å². The molecule has 0 aliphatic heterocycles. The predicted octanol–water partition coefficient (Wildman–Crippen LogP) is 5.80. The molecule has 0 aliphatic carbocycles. The molecule has 0 spiro atoms. The molecule has 0 bridgehead atoms. The SMILES string of the molecule is Cc1[nH]n(-c2ccccc2)c(=O)c1C(c1ccc(OC(=O)c2ccc(F)cc2)cc1)c1c(C)[nH]n(-c2ccccc2)c1=O. The Labute approximate surface area is 245 Å². The molecule has 0 unspecified atom stereocenters. The number of aromatic nitrogens is 4. The van der Waals surface area contributed by atoms with Crippen molar-refractivity contribution < 1.29 is 13.9 Å². The number of hydrogen-bond donors (Lipinski definition) is 2. The van der Waals surface area contributed by atoms with Gasteiger partial charge in [0.25, 0.3) is 11.1 Å². The fraction of sp³-hybridized carbons (Fsp3) is 0.0882. The minimum atomic E-state index is -0.746. The lowest BCUT2D eigenvalue weighted by Crippen LogP contribution is -2.25. The highest BCUT2D eigenvalue weighted by molar-refractivity contribution is 5.91. The first-order valence-electron chi connectivity index (χ1n) is 13.6. The van der Waals surface area contributed by atoms with E-state index in [9.17, 15) is 18.8 Å². The van der Waals surface area contributed by atoms with Gasteiger partial charge in [-0.15, -0.1) is 0 Å². The van der Waals surface area contributed by atoms with E-state index in [1.54, 1.807) is 38.1 Å². The Kier molecular flexibility index (Phi) is 7.21. The van der Waals surface area contributed by atoms with Crippen molar-refractivity contribution in [2.75, 3.05) is 0 Å². The summed E-state index contributed by atoms with van der Waals surface area (Å²) in [6.45, 7) is 3.61. The van der Waals surface area contributed by atoms with Crippen LogP contribution in [-0.4, -0.2) is 25.5 Å². The van der Waals surface area contributed by atoms with Crippen molar-refractivity contribution in [3.05, 3.63) is 169 Å². The Morgan fingerprint density at radius 2 is 1.14 bits per heavy atom. The zero-order valence-electron chi connectivity index (χ0n) is 23.4. The molecule has 0 atom stereocenters. The summed E-state index contributed by atoms with van der Waals surface area (Å²) in [6, 6.07) is 30.2. The minimum Gasteiger partial charge on any atom is -0.423 e. The topological polar surface area (TPSA) is 102 Å². The molecular formula is C34H27FN4O4. The van der Waals surface area contributed by atoms with Gasteiger partial charge >= 0.3 is 5.97 Å². The van der Waals surface area contributed by atoms with Crippen LogP contribution in [-0.2, 0) is 0 Å². The van der Waals surface area contributed by atoms with E-state index in [1.807, 2.05) is 60.7 Å². The van der Waals surface area contributed by atoms with Crippen LogP contribution >= 0.6 is 0 Å². The fourth-order valence-corrected chi connectivity index (χ4v) is 5.27. The molecule has 2 N–H and O–H groups in total. The highest BCUT2D eigenvalue weighted by atomic mass is 19.1. The number of hydrogen-bond acceptors (Lipinski definition) is 4. The lowest BCUT2D eigenvalue weighted by atomic mass is 9.85. The van der Waals surface area contributed by atoms with E-state index in [2.05, 4.69) is 10.2 Å². The lowest BCUT2D eigenvalue weighted by molar-refractivity contribution is 0.0734. The maximum absolute atomic E-state index is 14.0. The molecule has 0 amide bonds. The summed E-state index contributed by atoms with van der Waals surface area (Å²) in [5.74, 6) is -1.57. The first kappa shape index (κ1) is 27.5. The highest BCUT2D eigenvalue weighted by Gasteiger charge is 2.31. The van der Waals surface area contributed by atoms with Crippen molar-refractivity contribution in [1.29, 1.82) is 0 Å². The molecule has 2 heterocycles. The summed E-state index contributed by atoms with van der Waals surface area (Å²) in [5.41, 5.74) is 3.66. The van der Waals surface area contributed by atoms with Crippen LogP contribution in [0, 0.1) is 19.7 Å². The van der Waals surface area contributed by atoms with Crippen molar-refractivity contribution in [2.45, 2.75) is 19.8 Å². The number of nitrogens with one attached hydrogen (secondary N) is 2. The summed E-state index contributed by atoms with van der Waals surface area (Å²) >= 11 is 0. The number of para-hydroxylation sites is 2. The molecule has 0 fully saturated rings. The van der Waals surface area contributed by atoms with Crippen LogP contribution in [0.1, 0.15) is 44.4 Å². The van der Waals surface area contributed by atoms with Gasteiger partial charge in [0.15, 0.2) is 0 Å². The van der Waals surface area contributed by atoms with Crippen molar-refractivity contribution in [2.24, 2.45) is 0 Å². The summed E-state index contributed by atoms with van der Waals surface area (Å²) < 4.78 is 21.7. The number of ether oxygens (including phenoxy) is 1. The standard InChI is InChI=1S/C34H27FN4O4/c1-21-29(32(40)38(36-21)26-9-5-3-6-10-26)31(30-22(2)37-39(33(30)41)27-11-7-4-8-12-27)23-15-19-28(20-16-23)43-34(42)24-13-17-25(35)18-14-24/h3-20,31,36-37H,1-2H3. The summed E-state index contributed by atoms with van der Waals surface area (Å²) in [4.78, 5) is 40.6. The largest absolute Gasteiger partial charge is 0.423 e. The van der Waals surface area contributed by atoms with Gasteiger partial charge in [0.1, 0.15) is 11.6 Å². The monoisotopic (exact) mass is 574 g/mol. The molecule has 0 aliphatic rings. The van der Waals surface area contributed by atoms with Gasteiger partial charge in [0.05, 0.1) is 28.1 Å². The van der Waals surface area contributed by atoms with Gasteiger partial charge in [-0.25, -0.2) is 18.5 Å². The molecule has 9 heteroatoms. The lowest BCUT2D eigenvalue weighted by Gasteiger charge is -2.16. The van der Waals surface area contributed by atoms with E-state index < -0.39 is 17.7 Å². The maximum atomic E-state index is 14.0. The number of esters is 1. The van der Waals surface area contributed by atoms with Crippen molar-refractivity contribution in [3.63, 3.8) is 0 Å².